The minimum absolute atomic E-state index is 0.649. The van der Waals surface area contributed by atoms with E-state index in [9.17, 15) is 46.0 Å². The predicted octanol–water partition coefficient (Wildman–Crippen LogP) is -5.85. The molecular formula is C20H36O15. The van der Waals surface area contributed by atoms with Gasteiger partial charge in [0.05, 0.1) is 25.9 Å². The highest BCUT2D eigenvalue weighted by atomic mass is 16.7. The summed E-state index contributed by atoms with van der Waals surface area (Å²) in [5.41, 5.74) is 0. The van der Waals surface area contributed by atoms with Crippen LogP contribution >= 0.6 is 0 Å². The van der Waals surface area contributed by atoms with Crippen molar-refractivity contribution in [3.63, 3.8) is 0 Å². The average Bonchev–Trinajstić information content (AvgIpc) is 3.12. The van der Waals surface area contributed by atoms with Crippen LogP contribution in [0.15, 0.2) is 0 Å². The molecule has 15 heteroatoms. The van der Waals surface area contributed by atoms with Gasteiger partial charge in [-0.15, -0.1) is 0 Å². The van der Waals surface area contributed by atoms with E-state index in [-0.39, 0.29) is 0 Å². The van der Waals surface area contributed by atoms with E-state index in [1.165, 1.54) is 14.0 Å². The Hall–Kier alpha value is -0.600. The number of hydrogen-bond donors (Lipinski definition) is 9. The Morgan fingerprint density at radius 2 is 1.17 bits per heavy atom. The van der Waals surface area contributed by atoms with Gasteiger partial charge in [-0.3, -0.25) is 0 Å². The molecule has 0 radical (unpaired) electrons. The fraction of sp³-hybridized carbons (Fsp3) is 1.00. The number of hydrogen-bond acceptors (Lipinski definition) is 15. The summed E-state index contributed by atoms with van der Waals surface area (Å²) in [5, 5.41) is 91.2. The monoisotopic (exact) mass is 516 g/mol. The van der Waals surface area contributed by atoms with Crippen LogP contribution in [0, 0.1) is 0 Å². The summed E-state index contributed by atoms with van der Waals surface area (Å²) < 4.78 is 32.6. The molecule has 3 heterocycles. The summed E-state index contributed by atoms with van der Waals surface area (Å²) in [6.45, 7) is -0.570. The number of methoxy groups -OCH3 is 1. The van der Waals surface area contributed by atoms with Crippen molar-refractivity contribution in [2.75, 3.05) is 26.9 Å². The minimum Gasteiger partial charge on any atom is -0.394 e. The molecule has 3 saturated heterocycles. The molecule has 0 aromatic rings. The minimum atomic E-state index is -1.78. The van der Waals surface area contributed by atoms with E-state index in [4.69, 9.17) is 28.4 Å². The van der Waals surface area contributed by atoms with E-state index in [0.717, 1.165) is 0 Å². The first-order valence-corrected chi connectivity index (χ1v) is 11.3. The summed E-state index contributed by atoms with van der Waals surface area (Å²) in [6, 6.07) is 0. The predicted molar refractivity (Wildman–Crippen MR) is 109 cm³/mol. The van der Waals surface area contributed by atoms with Crippen LogP contribution in [0.3, 0.4) is 0 Å². The van der Waals surface area contributed by atoms with E-state index >= 15 is 0 Å². The Morgan fingerprint density at radius 1 is 0.686 bits per heavy atom. The van der Waals surface area contributed by atoms with Crippen molar-refractivity contribution in [2.45, 2.75) is 98.9 Å². The van der Waals surface area contributed by atoms with Gasteiger partial charge in [0.2, 0.25) is 0 Å². The van der Waals surface area contributed by atoms with E-state index in [0.29, 0.717) is 0 Å². The van der Waals surface area contributed by atoms with Crippen LogP contribution < -0.4 is 0 Å². The van der Waals surface area contributed by atoms with Crippen molar-refractivity contribution in [3.05, 3.63) is 0 Å². The summed E-state index contributed by atoms with van der Waals surface area (Å²) >= 11 is 0. The van der Waals surface area contributed by atoms with Gasteiger partial charge in [0.25, 0.3) is 0 Å². The number of aliphatic hydroxyl groups is 9. The lowest BCUT2D eigenvalue weighted by molar-refractivity contribution is -0.367. The molecule has 6 unspecified atom stereocenters. The van der Waals surface area contributed by atoms with Gasteiger partial charge in [-0.25, -0.2) is 0 Å². The number of aliphatic hydroxyl groups excluding tert-OH is 9. The van der Waals surface area contributed by atoms with E-state index in [2.05, 4.69) is 0 Å². The quantitative estimate of drug-likeness (QED) is 0.139. The molecule has 3 fully saturated rings. The molecule has 3 aliphatic rings. The smallest absolute Gasteiger partial charge is 0.187 e. The van der Waals surface area contributed by atoms with E-state index < -0.39 is 112 Å². The van der Waals surface area contributed by atoms with Crippen molar-refractivity contribution in [1.82, 2.24) is 0 Å². The van der Waals surface area contributed by atoms with E-state index in [1.807, 2.05) is 0 Å². The first-order chi connectivity index (χ1) is 16.6. The van der Waals surface area contributed by atoms with Gasteiger partial charge in [0, 0.05) is 7.11 Å². The third kappa shape index (κ3) is 5.79. The Morgan fingerprint density at radius 3 is 1.66 bits per heavy atom. The third-order valence-corrected chi connectivity index (χ3v) is 6.58. The van der Waals surface area contributed by atoms with Gasteiger partial charge in [0.15, 0.2) is 12.6 Å². The maximum Gasteiger partial charge on any atom is 0.187 e. The maximum absolute atomic E-state index is 10.9. The number of rotatable bonds is 9. The molecule has 0 bridgehead atoms. The highest BCUT2D eigenvalue weighted by molar-refractivity contribution is 4.97. The van der Waals surface area contributed by atoms with Crippen LogP contribution in [0.4, 0.5) is 0 Å². The summed E-state index contributed by atoms with van der Waals surface area (Å²) in [7, 11) is 1.21. The Balaban J connectivity index is 1.79. The number of ether oxygens (including phenoxy) is 6. The zero-order valence-electron chi connectivity index (χ0n) is 19.3. The van der Waals surface area contributed by atoms with Gasteiger partial charge in [0.1, 0.15) is 73.2 Å². The summed E-state index contributed by atoms with van der Waals surface area (Å²) in [5.74, 6) is 0. The normalized spacial score (nSPS) is 49.8. The lowest BCUT2D eigenvalue weighted by atomic mass is 9.96. The second-order valence-corrected chi connectivity index (χ2v) is 8.86. The zero-order valence-corrected chi connectivity index (χ0v) is 19.3. The molecule has 206 valence electrons. The molecule has 3 aliphatic heterocycles. The molecule has 0 spiro atoms. The molecule has 0 aromatic heterocycles. The van der Waals surface area contributed by atoms with Crippen molar-refractivity contribution >= 4 is 0 Å². The average molecular weight is 516 g/mol. The van der Waals surface area contributed by atoms with Crippen molar-refractivity contribution < 1.29 is 74.4 Å². The Kier molecular flexibility index (Phi) is 10.2. The van der Waals surface area contributed by atoms with Crippen LogP contribution in [-0.4, -0.2) is 165 Å². The standard InChI is InChI=1S/C20H36O15/c1-6-10(25)18(15(31-6)7(24)3-21)35-20-14(29)17(12(27)9(5-23)33-20)34-19-13(28)16(30-2)11(26)8(4-22)32-19/h6-29H,3-5H2,1-2H3/t6?,7-,8?,9?,10-,11+,12+,13?,14?,15+,16+,17+,18?,19+,20-/m1/s1. The molecular weight excluding hydrogens is 480 g/mol. The molecule has 0 saturated carbocycles. The Labute approximate surface area is 200 Å². The molecule has 0 amide bonds. The highest BCUT2D eigenvalue weighted by Crippen LogP contribution is 2.33. The lowest BCUT2D eigenvalue weighted by Crippen LogP contribution is -2.65. The summed E-state index contributed by atoms with van der Waals surface area (Å²) in [4.78, 5) is 0. The second kappa shape index (κ2) is 12.3. The largest absolute Gasteiger partial charge is 0.394 e. The molecule has 0 aromatic carbocycles. The molecule has 15 atom stereocenters. The van der Waals surface area contributed by atoms with Gasteiger partial charge >= 0.3 is 0 Å². The van der Waals surface area contributed by atoms with Gasteiger partial charge < -0.3 is 74.4 Å². The second-order valence-electron chi connectivity index (χ2n) is 8.86. The van der Waals surface area contributed by atoms with Gasteiger partial charge in [-0.2, -0.15) is 0 Å². The molecule has 3 rings (SSSR count). The highest BCUT2D eigenvalue weighted by Gasteiger charge is 2.54. The molecule has 0 aliphatic carbocycles. The third-order valence-electron chi connectivity index (χ3n) is 6.58. The fourth-order valence-corrected chi connectivity index (χ4v) is 4.52. The van der Waals surface area contributed by atoms with Crippen LogP contribution in [0.1, 0.15) is 6.92 Å². The lowest BCUT2D eigenvalue weighted by Gasteiger charge is -2.47. The van der Waals surface area contributed by atoms with Crippen molar-refractivity contribution in [2.24, 2.45) is 0 Å². The molecule has 15 nitrogen and oxygen atoms in total. The summed E-state index contributed by atoms with van der Waals surface area (Å²) in [6.07, 6.45) is -21.0. The first kappa shape index (κ1) is 29.0. The van der Waals surface area contributed by atoms with Crippen LogP contribution in [0.2, 0.25) is 0 Å². The zero-order chi connectivity index (χ0) is 26.0. The Bertz CT molecular complexity index is 656. The fourth-order valence-electron chi connectivity index (χ4n) is 4.52. The van der Waals surface area contributed by atoms with Crippen molar-refractivity contribution in [1.29, 1.82) is 0 Å². The van der Waals surface area contributed by atoms with Gasteiger partial charge in [-0.1, -0.05) is 0 Å². The first-order valence-electron chi connectivity index (χ1n) is 11.3. The molecule has 9 N–H and O–H groups in total. The topological polar surface area (TPSA) is 237 Å². The van der Waals surface area contributed by atoms with Crippen molar-refractivity contribution in [3.8, 4) is 0 Å². The van der Waals surface area contributed by atoms with Crippen LogP contribution in [0.5, 0.6) is 0 Å². The van der Waals surface area contributed by atoms with Crippen LogP contribution in [0.25, 0.3) is 0 Å². The van der Waals surface area contributed by atoms with E-state index in [1.54, 1.807) is 0 Å². The van der Waals surface area contributed by atoms with Gasteiger partial charge in [-0.05, 0) is 6.92 Å². The maximum atomic E-state index is 10.9. The van der Waals surface area contributed by atoms with Crippen LogP contribution in [-0.2, 0) is 28.4 Å². The SMILES string of the molecule is CO[C@@H]1C(O)[C@H](O[C@@H]2C(O)[C@@H](OC3[C@H](O)C(C)O[C@H]3[C@H](O)CO)OC(CO)[C@@H]2O)OC(CO)[C@@H]1O. The molecule has 35 heavy (non-hydrogen) atoms.